The maximum absolute atomic E-state index is 12.5. The molecule has 1 aromatic heterocycles. The fourth-order valence-electron chi connectivity index (χ4n) is 2.38. The monoisotopic (exact) mass is 286 g/mol. The van der Waals surface area contributed by atoms with E-state index < -0.39 is 16.0 Å². The maximum Gasteiger partial charge on any atom is 0.352 e. The molecular weight excluding hydrogens is 268 g/mol. The van der Waals surface area contributed by atoms with Crippen molar-refractivity contribution in [2.24, 2.45) is 7.05 Å². The van der Waals surface area contributed by atoms with Crippen molar-refractivity contribution in [2.45, 2.75) is 31.1 Å². The molecule has 0 spiro atoms. The molecule has 0 atom stereocenters. The summed E-state index contributed by atoms with van der Waals surface area (Å²) < 4.78 is 27.9. The van der Waals surface area contributed by atoms with E-state index in [1.807, 2.05) is 0 Å². The highest BCUT2D eigenvalue weighted by Gasteiger charge is 2.30. The Kier molecular flexibility index (Phi) is 3.69. The summed E-state index contributed by atoms with van der Waals surface area (Å²) >= 11 is 0. The average Bonchev–Trinajstić information content (AvgIpc) is 2.68. The van der Waals surface area contributed by atoms with Gasteiger partial charge in [-0.25, -0.2) is 13.2 Å². The smallest absolute Gasteiger partial charge is 0.352 e. The number of sulfonamides is 1. The first kappa shape index (κ1) is 14.1. The number of aromatic carboxylic acids is 1. The number of aromatic nitrogens is 1. The van der Waals surface area contributed by atoms with Crippen LogP contribution in [0.3, 0.4) is 0 Å². The van der Waals surface area contributed by atoms with Crippen LogP contribution in [0.2, 0.25) is 0 Å². The van der Waals surface area contributed by atoms with Crippen LogP contribution in [0, 0.1) is 6.92 Å². The van der Waals surface area contributed by atoms with E-state index in [-0.39, 0.29) is 10.6 Å². The molecule has 7 heteroatoms. The van der Waals surface area contributed by atoms with Crippen molar-refractivity contribution in [1.82, 2.24) is 8.87 Å². The highest BCUT2D eigenvalue weighted by molar-refractivity contribution is 7.89. The molecule has 1 saturated heterocycles. The van der Waals surface area contributed by atoms with Gasteiger partial charge in [-0.2, -0.15) is 4.31 Å². The Morgan fingerprint density at radius 1 is 1.26 bits per heavy atom. The number of nitrogens with zero attached hydrogens (tertiary/aromatic N) is 2. The molecule has 19 heavy (non-hydrogen) atoms. The van der Waals surface area contributed by atoms with Crippen LogP contribution in [0.1, 0.15) is 35.4 Å². The maximum atomic E-state index is 12.5. The third-order valence-corrected chi connectivity index (χ3v) is 5.65. The summed E-state index contributed by atoms with van der Waals surface area (Å²) in [6, 6.07) is 1.25. The van der Waals surface area contributed by atoms with Gasteiger partial charge < -0.3 is 9.67 Å². The summed E-state index contributed by atoms with van der Waals surface area (Å²) in [6.07, 6.45) is 2.76. The second-order valence-electron chi connectivity index (χ2n) is 4.81. The van der Waals surface area contributed by atoms with E-state index in [1.165, 1.54) is 14.9 Å². The van der Waals surface area contributed by atoms with Crippen molar-refractivity contribution < 1.29 is 18.3 Å². The van der Waals surface area contributed by atoms with Crippen molar-refractivity contribution in [1.29, 1.82) is 0 Å². The van der Waals surface area contributed by atoms with Gasteiger partial charge in [0.25, 0.3) is 0 Å². The molecule has 6 nitrogen and oxygen atoms in total. The zero-order chi connectivity index (χ0) is 14.2. The lowest BCUT2D eigenvalue weighted by Gasteiger charge is -2.25. The van der Waals surface area contributed by atoms with Crippen LogP contribution in [0.25, 0.3) is 0 Å². The van der Waals surface area contributed by atoms with Gasteiger partial charge in [0.15, 0.2) is 0 Å². The number of piperidine rings is 1. The summed E-state index contributed by atoms with van der Waals surface area (Å²) in [4.78, 5) is 11.2. The number of rotatable bonds is 3. The van der Waals surface area contributed by atoms with Gasteiger partial charge >= 0.3 is 5.97 Å². The van der Waals surface area contributed by atoms with Crippen LogP contribution in [0.15, 0.2) is 11.0 Å². The Morgan fingerprint density at radius 3 is 2.32 bits per heavy atom. The lowest BCUT2D eigenvalue weighted by atomic mass is 10.2. The highest BCUT2D eigenvalue weighted by atomic mass is 32.2. The second kappa shape index (κ2) is 4.97. The standard InChI is InChI=1S/C12H18N2O4S/c1-9-11(8-10(12(15)16)13(9)2)19(17,18)14-6-4-3-5-7-14/h8H,3-7H2,1-2H3,(H,15,16). The van der Waals surface area contributed by atoms with E-state index in [1.54, 1.807) is 14.0 Å². The number of carboxylic acids is 1. The molecule has 0 unspecified atom stereocenters. The molecular formula is C12H18N2O4S. The molecule has 2 heterocycles. The van der Waals surface area contributed by atoms with Gasteiger partial charge in [0.1, 0.15) is 10.6 Å². The van der Waals surface area contributed by atoms with Gasteiger partial charge in [-0.3, -0.25) is 0 Å². The molecule has 0 bridgehead atoms. The third-order valence-electron chi connectivity index (χ3n) is 3.64. The number of carbonyl (C=O) groups is 1. The number of carboxylic acid groups (broad SMARTS) is 1. The summed E-state index contributed by atoms with van der Waals surface area (Å²) in [5.74, 6) is -1.12. The van der Waals surface area contributed by atoms with Gasteiger partial charge in [-0.1, -0.05) is 6.42 Å². The lowest BCUT2D eigenvalue weighted by molar-refractivity contribution is 0.0686. The van der Waals surface area contributed by atoms with Crippen molar-refractivity contribution in [3.8, 4) is 0 Å². The predicted octanol–water partition coefficient (Wildman–Crippen LogP) is 1.21. The minimum absolute atomic E-state index is 0.00640. The van der Waals surface area contributed by atoms with Crippen LogP contribution in [0.5, 0.6) is 0 Å². The molecule has 1 fully saturated rings. The molecule has 0 saturated carbocycles. The van der Waals surface area contributed by atoms with Crippen LogP contribution in [-0.4, -0.2) is 41.5 Å². The molecule has 0 aliphatic carbocycles. The molecule has 1 aliphatic rings. The van der Waals surface area contributed by atoms with E-state index in [4.69, 9.17) is 5.11 Å². The Balaban J connectivity index is 2.46. The van der Waals surface area contributed by atoms with Crippen molar-refractivity contribution in [2.75, 3.05) is 13.1 Å². The number of hydrogen-bond donors (Lipinski definition) is 1. The molecule has 1 aromatic rings. The van der Waals surface area contributed by atoms with Crippen LogP contribution >= 0.6 is 0 Å². The lowest BCUT2D eigenvalue weighted by Crippen LogP contribution is -2.35. The van der Waals surface area contributed by atoms with Crippen molar-refractivity contribution in [3.63, 3.8) is 0 Å². The van der Waals surface area contributed by atoms with Crippen LogP contribution in [-0.2, 0) is 17.1 Å². The Labute approximate surface area is 112 Å². The quantitative estimate of drug-likeness (QED) is 0.905. The largest absolute Gasteiger partial charge is 0.477 e. The van der Waals surface area contributed by atoms with E-state index in [0.29, 0.717) is 18.8 Å². The molecule has 0 amide bonds. The van der Waals surface area contributed by atoms with Gasteiger partial charge in [-0.15, -0.1) is 0 Å². The molecule has 1 aliphatic heterocycles. The minimum atomic E-state index is -3.58. The fourth-order valence-corrected chi connectivity index (χ4v) is 4.17. The highest BCUT2D eigenvalue weighted by Crippen LogP contribution is 2.25. The first-order chi connectivity index (χ1) is 8.85. The zero-order valence-electron chi connectivity index (χ0n) is 11.1. The molecule has 2 rings (SSSR count). The first-order valence-corrected chi connectivity index (χ1v) is 7.69. The van der Waals surface area contributed by atoms with Crippen molar-refractivity contribution in [3.05, 3.63) is 17.5 Å². The van der Waals surface area contributed by atoms with Crippen LogP contribution < -0.4 is 0 Å². The SMILES string of the molecule is Cc1c(S(=O)(=O)N2CCCCC2)cc(C(=O)O)n1C. The number of hydrogen-bond acceptors (Lipinski definition) is 3. The fraction of sp³-hybridized carbons (Fsp3) is 0.583. The average molecular weight is 286 g/mol. The van der Waals surface area contributed by atoms with E-state index in [0.717, 1.165) is 19.3 Å². The van der Waals surface area contributed by atoms with E-state index in [9.17, 15) is 13.2 Å². The minimum Gasteiger partial charge on any atom is -0.477 e. The molecule has 106 valence electrons. The topological polar surface area (TPSA) is 79.6 Å². The Morgan fingerprint density at radius 2 is 1.84 bits per heavy atom. The normalized spacial score (nSPS) is 17.6. The zero-order valence-corrected chi connectivity index (χ0v) is 11.9. The predicted molar refractivity (Wildman–Crippen MR) is 69.7 cm³/mol. The van der Waals surface area contributed by atoms with E-state index in [2.05, 4.69) is 0 Å². The summed E-state index contributed by atoms with van der Waals surface area (Å²) in [5.41, 5.74) is 0.455. The summed E-state index contributed by atoms with van der Waals surface area (Å²) in [6.45, 7) is 2.65. The summed E-state index contributed by atoms with van der Waals surface area (Å²) in [5, 5.41) is 9.05. The van der Waals surface area contributed by atoms with Gasteiger partial charge in [0.05, 0.1) is 0 Å². The van der Waals surface area contributed by atoms with Gasteiger partial charge in [0.2, 0.25) is 10.0 Å². The van der Waals surface area contributed by atoms with Crippen molar-refractivity contribution >= 4 is 16.0 Å². The molecule has 0 aromatic carbocycles. The summed E-state index contributed by atoms with van der Waals surface area (Å²) in [7, 11) is -2.02. The third kappa shape index (κ3) is 2.40. The van der Waals surface area contributed by atoms with Crippen LogP contribution in [0.4, 0.5) is 0 Å². The van der Waals surface area contributed by atoms with E-state index >= 15 is 0 Å². The molecule has 1 N–H and O–H groups in total. The molecule has 0 radical (unpaired) electrons. The first-order valence-electron chi connectivity index (χ1n) is 6.25. The Hall–Kier alpha value is -1.34. The Bertz CT molecular complexity index is 597. The van der Waals surface area contributed by atoms with Gasteiger partial charge in [0, 0.05) is 25.8 Å². The second-order valence-corrected chi connectivity index (χ2v) is 6.71. The van der Waals surface area contributed by atoms with Gasteiger partial charge in [-0.05, 0) is 25.8 Å².